The van der Waals surface area contributed by atoms with E-state index in [1.165, 1.54) is 25.0 Å². The van der Waals surface area contributed by atoms with Gasteiger partial charge in [0.2, 0.25) is 0 Å². The number of hydrogen-bond acceptors (Lipinski definition) is 1. The maximum atomic E-state index is 5.54. The third-order valence-corrected chi connectivity index (χ3v) is 4.14. The quantitative estimate of drug-likeness (QED) is 0.546. The van der Waals surface area contributed by atoms with Gasteiger partial charge in [-0.25, -0.2) is 0 Å². The second-order valence-electron chi connectivity index (χ2n) is 2.80. The maximum Gasteiger partial charge on any atom is 0.0112 e. The van der Waals surface area contributed by atoms with Gasteiger partial charge in [-0.05, 0) is 6.42 Å². The Kier molecular flexibility index (Phi) is 6.50. The molecule has 0 aromatic rings. The van der Waals surface area contributed by atoms with E-state index in [4.69, 9.17) is 4.74 Å². The molecule has 1 unspecified atom stereocenters. The van der Waals surface area contributed by atoms with Crippen molar-refractivity contribution >= 4 is 8.80 Å². The summed E-state index contributed by atoms with van der Waals surface area (Å²) in [6, 6.07) is 0. The van der Waals surface area contributed by atoms with Gasteiger partial charge in [0.1, 0.15) is 0 Å². The first kappa shape index (κ1) is 11.6. The van der Waals surface area contributed by atoms with Crippen LogP contribution in [0.1, 0.15) is 19.3 Å². The molecule has 1 fully saturated rings. The average molecular weight is 350 g/mol. The van der Waals surface area contributed by atoms with Crippen molar-refractivity contribution in [2.45, 2.75) is 25.8 Å². The van der Waals surface area contributed by atoms with Crippen molar-refractivity contribution in [1.29, 1.82) is 0 Å². The minimum atomic E-state index is -0.804. The number of rotatable bonds is 2. The fraction of sp³-hybridized carbons (Fsp3) is 0.625. The molecule has 1 saturated heterocycles. The molecule has 0 radical (unpaired) electrons. The van der Waals surface area contributed by atoms with Crippen molar-refractivity contribution in [2.75, 3.05) is 6.61 Å². The third-order valence-electron chi connectivity index (χ3n) is 1.97. The van der Waals surface area contributed by atoms with E-state index in [2.05, 4.69) is 18.8 Å². The molecule has 0 aromatic carbocycles. The summed E-state index contributed by atoms with van der Waals surface area (Å²) in [5.41, 5.74) is 3.45. The minimum absolute atomic E-state index is 0. The Hall–Kier alpha value is 0.605. The van der Waals surface area contributed by atoms with Crippen molar-refractivity contribution in [3.05, 3.63) is 18.0 Å². The molecule has 11 heavy (non-hydrogen) atoms. The Morgan fingerprint density at radius 3 is 2.73 bits per heavy atom. The van der Waals surface area contributed by atoms with E-state index in [1.807, 2.05) is 0 Å². The van der Waals surface area contributed by atoms with Crippen LogP contribution in [-0.4, -0.2) is 15.4 Å². The molecule has 1 aliphatic heterocycles. The van der Waals surface area contributed by atoms with E-state index in [1.54, 1.807) is 0 Å². The van der Waals surface area contributed by atoms with Crippen molar-refractivity contribution in [3.8, 4) is 0 Å². The van der Waals surface area contributed by atoms with E-state index in [0.29, 0.717) is 0 Å². The zero-order valence-corrected chi connectivity index (χ0v) is 10.3. The van der Waals surface area contributed by atoms with Gasteiger partial charge >= 0.3 is 0 Å². The molecular weight excluding hydrogens is 335 g/mol. The molecule has 3 heteroatoms. The van der Waals surface area contributed by atoms with Gasteiger partial charge in [0.25, 0.3) is 0 Å². The Bertz CT molecular complexity index is 113. The summed E-state index contributed by atoms with van der Waals surface area (Å²) in [7, 11) is -0.804. The molecule has 0 aromatic heterocycles. The van der Waals surface area contributed by atoms with Gasteiger partial charge in [-0.2, -0.15) is 12.1 Å². The molecule has 1 heterocycles. The van der Waals surface area contributed by atoms with Gasteiger partial charge in [0, 0.05) is 27.7 Å². The number of hydrogen-bond donors (Lipinski definition) is 0. The summed E-state index contributed by atoms with van der Waals surface area (Å²) in [5.74, 6) is 0. The van der Waals surface area contributed by atoms with Gasteiger partial charge in [-0.3, -0.25) is 0 Å². The first-order chi connectivity index (χ1) is 4.84. The zero-order valence-electron chi connectivity index (χ0n) is 6.91. The van der Waals surface area contributed by atoms with Crippen LogP contribution in [0.15, 0.2) is 12.3 Å². The van der Waals surface area contributed by atoms with Crippen LogP contribution in [0.2, 0.25) is 6.55 Å². The van der Waals surface area contributed by atoms with Crippen LogP contribution in [0, 0.1) is 5.73 Å². The van der Waals surface area contributed by atoms with E-state index in [9.17, 15) is 0 Å². The molecule has 0 saturated carbocycles. The van der Waals surface area contributed by atoms with Crippen LogP contribution in [0.5, 0.6) is 0 Å². The minimum Gasteiger partial charge on any atom is -0.550 e. The summed E-state index contributed by atoms with van der Waals surface area (Å²) in [6.07, 6.45) is 3.75. The van der Waals surface area contributed by atoms with E-state index >= 15 is 0 Å². The van der Waals surface area contributed by atoms with E-state index < -0.39 is 8.80 Å². The van der Waals surface area contributed by atoms with Crippen LogP contribution < -0.4 is 0 Å². The maximum absolute atomic E-state index is 5.54. The number of ether oxygens (including phenoxy) is 1. The van der Waals surface area contributed by atoms with Crippen molar-refractivity contribution in [3.63, 3.8) is 0 Å². The van der Waals surface area contributed by atoms with Crippen LogP contribution in [0.4, 0.5) is 0 Å². The Balaban J connectivity index is 0.000001000. The molecule has 1 aliphatic rings. The summed E-state index contributed by atoms with van der Waals surface area (Å²) in [5, 5.41) is 0. The monoisotopic (exact) mass is 350 g/mol. The fourth-order valence-corrected chi connectivity index (χ4v) is 2.47. The summed E-state index contributed by atoms with van der Waals surface area (Å²) in [4.78, 5) is 0. The molecule has 0 aliphatic carbocycles. The molecule has 0 bridgehead atoms. The first-order valence-electron chi connectivity index (χ1n) is 3.95. The molecule has 0 spiro atoms. The predicted molar refractivity (Wildman–Crippen MR) is 46.3 cm³/mol. The molecule has 1 rings (SSSR count). The normalized spacial score (nSPS) is 21.9. The van der Waals surface area contributed by atoms with Crippen molar-refractivity contribution in [2.24, 2.45) is 0 Å². The Labute approximate surface area is 85.1 Å². The van der Waals surface area contributed by atoms with Gasteiger partial charge in [-0.1, -0.05) is 21.8 Å². The Morgan fingerprint density at radius 1 is 1.55 bits per heavy atom. The van der Waals surface area contributed by atoms with E-state index in [-0.39, 0.29) is 21.1 Å². The van der Waals surface area contributed by atoms with Gasteiger partial charge in [0.15, 0.2) is 0 Å². The molecule has 68 valence electrons. The molecular formula is C8H15OPtSi-. The van der Waals surface area contributed by atoms with Crippen LogP contribution in [0.3, 0.4) is 0 Å². The standard InChI is InChI=1S/C8H15OSi.Pt/c1-3-10(2)8-6-4-5-7-9-8;/h3,10H,1,4-7H2,2H3;/q-1;. The SMILES string of the molecule is C=C[SiH](C)[C-]1CCCCO1.[Pt]. The summed E-state index contributed by atoms with van der Waals surface area (Å²) in [6.45, 7) is 7.01. The van der Waals surface area contributed by atoms with Crippen molar-refractivity contribution in [1.82, 2.24) is 0 Å². The van der Waals surface area contributed by atoms with Gasteiger partial charge in [0.05, 0.1) is 0 Å². The smallest absolute Gasteiger partial charge is 0.0112 e. The van der Waals surface area contributed by atoms with E-state index in [0.717, 1.165) is 6.61 Å². The Morgan fingerprint density at radius 2 is 2.27 bits per heavy atom. The summed E-state index contributed by atoms with van der Waals surface area (Å²) < 4.78 is 5.54. The predicted octanol–water partition coefficient (Wildman–Crippen LogP) is 1.84. The molecule has 1 nitrogen and oxygen atoms in total. The summed E-state index contributed by atoms with van der Waals surface area (Å²) >= 11 is 0. The largest absolute Gasteiger partial charge is 0.550 e. The molecule has 0 N–H and O–H groups in total. The molecule has 1 atom stereocenters. The first-order valence-corrected chi connectivity index (χ1v) is 6.35. The van der Waals surface area contributed by atoms with Crippen molar-refractivity contribution < 1.29 is 25.8 Å². The topological polar surface area (TPSA) is 9.23 Å². The molecule has 0 amide bonds. The van der Waals surface area contributed by atoms with Crippen LogP contribution >= 0.6 is 0 Å². The average Bonchev–Trinajstić information content (AvgIpc) is 2.05. The second-order valence-corrected chi connectivity index (χ2v) is 5.49. The zero-order chi connectivity index (χ0) is 7.40. The van der Waals surface area contributed by atoms with Gasteiger partial charge in [-0.15, -0.1) is 12.3 Å². The second kappa shape index (κ2) is 6.16. The fourth-order valence-electron chi connectivity index (χ4n) is 1.17. The van der Waals surface area contributed by atoms with Crippen LogP contribution in [0.25, 0.3) is 0 Å². The van der Waals surface area contributed by atoms with Crippen LogP contribution in [-0.2, 0) is 25.8 Å². The third kappa shape index (κ3) is 3.68. The van der Waals surface area contributed by atoms with Gasteiger partial charge < -0.3 is 4.74 Å².